The number of hydrogen-bond donors (Lipinski definition) is 0. The molecule has 1 fully saturated rings. The van der Waals surface area contributed by atoms with E-state index in [1.54, 1.807) is 0 Å². The van der Waals surface area contributed by atoms with Gasteiger partial charge < -0.3 is 14.7 Å². The molecular weight excluding hydrogens is 265 g/mol. The Morgan fingerprint density at radius 2 is 1.75 bits per heavy atom. The molecule has 20 heavy (non-hydrogen) atoms. The zero-order valence-electron chi connectivity index (χ0n) is 12.9. The van der Waals surface area contributed by atoms with Gasteiger partial charge in [-0.15, -0.1) is 9.24 Å². The van der Waals surface area contributed by atoms with Gasteiger partial charge in [0.1, 0.15) is 0 Å². The first kappa shape index (κ1) is 15.8. The molecule has 1 aliphatic heterocycles. The van der Waals surface area contributed by atoms with E-state index in [4.69, 9.17) is 0 Å². The van der Waals surface area contributed by atoms with Gasteiger partial charge in [-0.2, -0.15) is 0 Å². The summed E-state index contributed by atoms with van der Waals surface area (Å²) in [4.78, 5) is 7.28. The van der Waals surface area contributed by atoms with Crippen molar-refractivity contribution in [1.29, 1.82) is 0 Å². The summed E-state index contributed by atoms with van der Waals surface area (Å²) in [6.07, 6.45) is 2.44. The molecule has 4 heteroatoms. The quantitative estimate of drug-likeness (QED) is 0.744. The van der Waals surface area contributed by atoms with Crippen LogP contribution in [0.1, 0.15) is 12.0 Å². The van der Waals surface area contributed by atoms with Crippen molar-refractivity contribution in [2.75, 3.05) is 57.9 Å². The summed E-state index contributed by atoms with van der Waals surface area (Å²) in [5.74, 6) is 0. The number of nitrogens with zero attached hydrogens (tertiary/aromatic N) is 3. The molecule has 1 heterocycles. The molecule has 0 radical (unpaired) electrons. The Kier molecular flexibility index (Phi) is 6.28. The van der Waals surface area contributed by atoms with E-state index in [0.29, 0.717) is 0 Å². The van der Waals surface area contributed by atoms with E-state index in [2.05, 4.69) is 62.3 Å². The fraction of sp³-hybridized carbons (Fsp3) is 0.625. The fourth-order valence-electron chi connectivity index (χ4n) is 2.63. The number of anilines is 1. The molecule has 1 atom stereocenters. The monoisotopic (exact) mass is 293 g/mol. The second-order valence-corrected chi connectivity index (χ2v) is 6.41. The maximum atomic E-state index is 2.80. The topological polar surface area (TPSA) is 9.72 Å². The molecule has 0 bridgehead atoms. The van der Waals surface area contributed by atoms with E-state index >= 15 is 0 Å². The molecule has 2 rings (SSSR count). The van der Waals surface area contributed by atoms with E-state index in [-0.39, 0.29) is 0 Å². The fourth-order valence-corrected chi connectivity index (χ4v) is 2.81. The van der Waals surface area contributed by atoms with Gasteiger partial charge in [0, 0.05) is 38.4 Å². The standard InChI is InChI=1S/C16H28N3P/c1-17-9-11-19(12-10-17)16-6-4-15(5-7-16)14-18(2)8-3-13-20/h4-7H,3,8-14,20H2,1-2H3. The summed E-state index contributed by atoms with van der Waals surface area (Å²) in [5, 5.41) is 0. The highest BCUT2D eigenvalue weighted by molar-refractivity contribution is 7.16. The van der Waals surface area contributed by atoms with Crippen molar-refractivity contribution >= 4 is 14.9 Å². The normalized spacial score (nSPS) is 16.9. The zero-order valence-corrected chi connectivity index (χ0v) is 14.0. The predicted octanol–water partition coefficient (Wildman–Crippen LogP) is 2.14. The van der Waals surface area contributed by atoms with Crippen LogP contribution in [0.5, 0.6) is 0 Å². The first-order chi connectivity index (χ1) is 9.69. The Balaban J connectivity index is 1.86. The summed E-state index contributed by atoms with van der Waals surface area (Å²) in [6, 6.07) is 9.13. The number of piperazine rings is 1. The highest BCUT2D eigenvalue weighted by Crippen LogP contribution is 2.17. The first-order valence-electron chi connectivity index (χ1n) is 7.60. The zero-order chi connectivity index (χ0) is 14.4. The third kappa shape index (κ3) is 4.73. The average molecular weight is 293 g/mol. The maximum absolute atomic E-state index is 2.80. The summed E-state index contributed by atoms with van der Waals surface area (Å²) < 4.78 is 0. The molecule has 1 aliphatic rings. The summed E-state index contributed by atoms with van der Waals surface area (Å²) in [5.41, 5.74) is 2.78. The lowest BCUT2D eigenvalue weighted by atomic mass is 10.1. The van der Waals surface area contributed by atoms with Crippen molar-refractivity contribution in [3.8, 4) is 0 Å². The van der Waals surface area contributed by atoms with E-state index in [1.165, 1.54) is 43.5 Å². The van der Waals surface area contributed by atoms with Crippen molar-refractivity contribution in [3.63, 3.8) is 0 Å². The van der Waals surface area contributed by atoms with Crippen molar-refractivity contribution in [2.45, 2.75) is 13.0 Å². The maximum Gasteiger partial charge on any atom is 0.0367 e. The van der Waals surface area contributed by atoms with Crippen LogP contribution < -0.4 is 4.90 Å². The predicted molar refractivity (Wildman–Crippen MR) is 91.7 cm³/mol. The molecular formula is C16H28N3P. The third-order valence-corrected chi connectivity index (χ3v) is 4.41. The number of hydrogen-bond acceptors (Lipinski definition) is 3. The van der Waals surface area contributed by atoms with Gasteiger partial charge in [-0.05, 0) is 50.9 Å². The number of rotatable bonds is 6. The minimum atomic E-state index is 1.05. The second kappa shape index (κ2) is 7.97. The lowest BCUT2D eigenvalue weighted by Gasteiger charge is -2.34. The average Bonchev–Trinajstić information content (AvgIpc) is 2.47. The minimum absolute atomic E-state index is 1.05. The van der Waals surface area contributed by atoms with Gasteiger partial charge in [-0.3, -0.25) is 0 Å². The molecule has 0 N–H and O–H groups in total. The lowest BCUT2D eigenvalue weighted by molar-refractivity contribution is 0.313. The largest absolute Gasteiger partial charge is 0.369 e. The summed E-state index contributed by atoms with van der Waals surface area (Å²) in [7, 11) is 7.20. The molecule has 1 unspecified atom stereocenters. The van der Waals surface area contributed by atoms with Gasteiger partial charge >= 0.3 is 0 Å². The Hall–Kier alpha value is -0.630. The Morgan fingerprint density at radius 3 is 2.35 bits per heavy atom. The van der Waals surface area contributed by atoms with Gasteiger partial charge in [-0.25, -0.2) is 0 Å². The Bertz CT molecular complexity index is 385. The Morgan fingerprint density at radius 1 is 1.10 bits per heavy atom. The minimum Gasteiger partial charge on any atom is -0.369 e. The highest BCUT2D eigenvalue weighted by atomic mass is 31.0. The van der Waals surface area contributed by atoms with Crippen LogP contribution in [-0.2, 0) is 6.54 Å². The van der Waals surface area contributed by atoms with Crippen LogP contribution in [-0.4, -0.2) is 62.8 Å². The molecule has 112 valence electrons. The van der Waals surface area contributed by atoms with Crippen LogP contribution in [0.2, 0.25) is 0 Å². The van der Waals surface area contributed by atoms with Crippen molar-refractivity contribution in [1.82, 2.24) is 9.80 Å². The van der Waals surface area contributed by atoms with Crippen LogP contribution in [0.3, 0.4) is 0 Å². The Labute approximate surface area is 126 Å². The van der Waals surface area contributed by atoms with Gasteiger partial charge in [0.05, 0.1) is 0 Å². The van der Waals surface area contributed by atoms with E-state index in [0.717, 1.165) is 19.6 Å². The van der Waals surface area contributed by atoms with E-state index in [9.17, 15) is 0 Å². The first-order valence-corrected chi connectivity index (χ1v) is 8.42. The van der Waals surface area contributed by atoms with Crippen LogP contribution in [0.4, 0.5) is 5.69 Å². The van der Waals surface area contributed by atoms with Crippen molar-refractivity contribution in [3.05, 3.63) is 29.8 Å². The molecule has 0 amide bonds. The van der Waals surface area contributed by atoms with Crippen molar-refractivity contribution in [2.24, 2.45) is 0 Å². The van der Waals surface area contributed by atoms with E-state index in [1.807, 2.05) is 0 Å². The SMILES string of the molecule is CN1CCN(c2ccc(CN(C)CCCP)cc2)CC1. The van der Waals surface area contributed by atoms with Gasteiger partial charge in [0.15, 0.2) is 0 Å². The second-order valence-electron chi connectivity index (χ2n) is 5.84. The van der Waals surface area contributed by atoms with Gasteiger partial charge in [-0.1, -0.05) is 12.1 Å². The van der Waals surface area contributed by atoms with Crippen molar-refractivity contribution < 1.29 is 0 Å². The van der Waals surface area contributed by atoms with Crippen LogP contribution in [0.25, 0.3) is 0 Å². The van der Waals surface area contributed by atoms with Crippen LogP contribution >= 0.6 is 9.24 Å². The highest BCUT2D eigenvalue weighted by Gasteiger charge is 2.13. The molecule has 0 saturated carbocycles. The molecule has 0 aliphatic carbocycles. The number of likely N-dealkylation sites (N-methyl/N-ethyl adjacent to an activating group) is 1. The summed E-state index contributed by atoms with van der Waals surface area (Å²) in [6.45, 7) is 6.84. The molecule has 1 aromatic rings. The van der Waals surface area contributed by atoms with Gasteiger partial charge in [0.25, 0.3) is 0 Å². The number of benzene rings is 1. The molecule has 0 aromatic heterocycles. The lowest BCUT2D eigenvalue weighted by Crippen LogP contribution is -2.44. The molecule has 1 aromatic carbocycles. The molecule has 0 spiro atoms. The summed E-state index contributed by atoms with van der Waals surface area (Å²) >= 11 is 0. The molecule has 3 nitrogen and oxygen atoms in total. The molecule has 1 saturated heterocycles. The van der Waals surface area contributed by atoms with E-state index < -0.39 is 0 Å². The van der Waals surface area contributed by atoms with Crippen LogP contribution in [0.15, 0.2) is 24.3 Å². The van der Waals surface area contributed by atoms with Gasteiger partial charge in [0.2, 0.25) is 0 Å². The van der Waals surface area contributed by atoms with Crippen LogP contribution in [0, 0.1) is 0 Å². The third-order valence-electron chi connectivity index (χ3n) is 4.00. The smallest absolute Gasteiger partial charge is 0.0367 e.